The number of benzene rings is 1. The Kier molecular flexibility index (Phi) is 9.46. The molecule has 1 fully saturated rings. The van der Waals surface area contributed by atoms with Gasteiger partial charge in [-0.3, -0.25) is 14.5 Å². The summed E-state index contributed by atoms with van der Waals surface area (Å²) in [5, 5.41) is 12.5. The number of hydrogen-bond donors (Lipinski definition) is 2. The van der Waals surface area contributed by atoms with Crippen LogP contribution < -0.4 is 5.32 Å². The molecule has 1 aliphatic rings. The van der Waals surface area contributed by atoms with Gasteiger partial charge in [-0.2, -0.15) is 0 Å². The summed E-state index contributed by atoms with van der Waals surface area (Å²) in [5.41, 5.74) is 0.765. The minimum atomic E-state index is -1.01. The van der Waals surface area contributed by atoms with Gasteiger partial charge in [-0.1, -0.05) is 71.0 Å². The Labute approximate surface area is 220 Å². The van der Waals surface area contributed by atoms with Gasteiger partial charge in [0.25, 0.3) is 0 Å². The van der Waals surface area contributed by atoms with Crippen LogP contribution in [0.25, 0.3) is 0 Å². The number of rotatable bonds is 8. The highest BCUT2D eigenvalue weighted by atomic mass is 32.2. The van der Waals surface area contributed by atoms with Gasteiger partial charge in [0, 0.05) is 17.4 Å². The first-order valence-electron chi connectivity index (χ1n) is 12.4. The number of thioether (sulfide) groups is 1. The molecule has 4 atom stereocenters. The Balaban J connectivity index is 2.34. The fourth-order valence-electron chi connectivity index (χ4n) is 4.78. The lowest BCUT2D eigenvalue weighted by atomic mass is 9.84. The van der Waals surface area contributed by atoms with Crippen LogP contribution in [0.15, 0.2) is 42.0 Å². The summed E-state index contributed by atoms with van der Waals surface area (Å²) in [6.07, 6.45) is 1.61. The van der Waals surface area contributed by atoms with Gasteiger partial charge in [-0.05, 0) is 44.7 Å². The van der Waals surface area contributed by atoms with Gasteiger partial charge in [0.15, 0.2) is 0 Å². The number of amides is 2. The molecule has 1 aromatic rings. The molecule has 0 saturated carbocycles. The van der Waals surface area contributed by atoms with E-state index < -0.39 is 29.5 Å². The number of carbonyl (C=O) groups is 3. The smallest absolute Gasteiger partial charge is 0.331 e. The van der Waals surface area contributed by atoms with E-state index in [1.807, 2.05) is 59.9 Å². The van der Waals surface area contributed by atoms with Crippen molar-refractivity contribution in [2.75, 3.05) is 14.1 Å². The molecule has 1 aromatic carbocycles. The topological polar surface area (TPSA) is 90.0 Å². The molecule has 2 rings (SSSR count). The molecule has 8 heteroatoms. The molecule has 1 saturated heterocycles. The Bertz CT molecular complexity index is 984. The van der Waals surface area contributed by atoms with Crippen LogP contribution in [0, 0.1) is 11.3 Å². The van der Waals surface area contributed by atoms with Crippen molar-refractivity contribution in [1.29, 1.82) is 0 Å². The first kappa shape index (κ1) is 29.9. The summed E-state index contributed by atoms with van der Waals surface area (Å²) < 4.78 is -0.376. The minimum Gasteiger partial charge on any atom is -0.478 e. The van der Waals surface area contributed by atoms with E-state index in [1.54, 1.807) is 29.8 Å². The number of hydrogen-bond acceptors (Lipinski definition) is 5. The zero-order valence-corrected chi connectivity index (χ0v) is 24.1. The van der Waals surface area contributed by atoms with Crippen LogP contribution >= 0.6 is 11.8 Å². The van der Waals surface area contributed by atoms with Crippen LogP contribution in [0.3, 0.4) is 0 Å². The van der Waals surface area contributed by atoms with Gasteiger partial charge >= 0.3 is 5.97 Å². The third kappa shape index (κ3) is 6.71. The monoisotopic (exact) mass is 517 g/mol. The first-order valence-corrected chi connectivity index (χ1v) is 13.3. The van der Waals surface area contributed by atoms with E-state index in [0.717, 1.165) is 5.56 Å². The Morgan fingerprint density at radius 2 is 1.72 bits per heavy atom. The lowest BCUT2D eigenvalue weighted by molar-refractivity contribution is -0.141. The second kappa shape index (κ2) is 11.4. The minimum absolute atomic E-state index is 0.00695. The molecule has 36 heavy (non-hydrogen) atoms. The SMILES string of the molecule is C/C(=C\[C@H](C(C)C)N(C)C(=O)[C@@H](NC(=O)C1N(C)[C@H](c2ccccc2)SC1(C)C)C(C)(C)C)C(=O)O. The maximum atomic E-state index is 13.8. The normalized spacial score (nSPS) is 22.2. The van der Waals surface area contributed by atoms with Crippen molar-refractivity contribution in [3.63, 3.8) is 0 Å². The fraction of sp³-hybridized carbons (Fsp3) is 0.607. The highest BCUT2D eigenvalue weighted by Gasteiger charge is 2.51. The lowest BCUT2D eigenvalue weighted by Gasteiger charge is -2.39. The van der Waals surface area contributed by atoms with Crippen molar-refractivity contribution >= 4 is 29.5 Å². The summed E-state index contributed by atoms with van der Waals surface area (Å²) in [7, 11) is 3.63. The number of aliphatic carboxylic acids is 1. The molecule has 0 spiro atoms. The van der Waals surface area contributed by atoms with Crippen molar-refractivity contribution in [2.24, 2.45) is 11.3 Å². The second-order valence-electron chi connectivity index (χ2n) is 11.7. The molecule has 0 aromatic heterocycles. The van der Waals surface area contributed by atoms with Gasteiger partial charge in [-0.25, -0.2) is 4.79 Å². The molecular formula is C28H43N3O4S. The zero-order valence-electron chi connectivity index (χ0n) is 23.3. The summed E-state index contributed by atoms with van der Waals surface area (Å²) in [4.78, 5) is 42.6. The molecule has 200 valence electrons. The van der Waals surface area contributed by atoms with E-state index >= 15 is 0 Å². The fourth-order valence-corrected chi connectivity index (χ4v) is 6.34. The van der Waals surface area contributed by atoms with Crippen molar-refractivity contribution in [3.05, 3.63) is 47.5 Å². The van der Waals surface area contributed by atoms with Crippen molar-refractivity contribution in [3.8, 4) is 0 Å². The van der Waals surface area contributed by atoms with E-state index in [0.29, 0.717) is 0 Å². The summed E-state index contributed by atoms with van der Waals surface area (Å²) in [6.45, 7) is 15.3. The Hall–Kier alpha value is -2.32. The van der Waals surface area contributed by atoms with Crippen LogP contribution in [0.2, 0.25) is 0 Å². The average molecular weight is 518 g/mol. The number of carboxylic acids is 1. The maximum absolute atomic E-state index is 13.8. The Morgan fingerprint density at radius 1 is 1.17 bits per heavy atom. The Morgan fingerprint density at radius 3 is 2.19 bits per heavy atom. The van der Waals surface area contributed by atoms with E-state index in [9.17, 15) is 19.5 Å². The van der Waals surface area contributed by atoms with Gasteiger partial charge in [0.1, 0.15) is 12.1 Å². The van der Waals surface area contributed by atoms with Gasteiger partial charge in [0.2, 0.25) is 11.8 Å². The first-order chi connectivity index (χ1) is 16.5. The predicted molar refractivity (Wildman–Crippen MR) is 147 cm³/mol. The number of nitrogens with zero attached hydrogens (tertiary/aromatic N) is 2. The van der Waals surface area contributed by atoms with Gasteiger partial charge in [-0.15, -0.1) is 11.8 Å². The lowest BCUT2D eigenvalue weighted by Crippen LogP contribution is -2.60. The van der Waals surface area contributed by atoms with Crippen molar-refractivity contribution < 1.29 is 19.5 Å². The van der Waals surface area contributed by atoms with E-state index in [1.165, 1.54) is 6.92 Å². The van der Waals surface area contributed by atoms with Crippen LogP contribution in [0.5, 0.6) is 0 Å². The van der Waals surface area contributed by atoms with Crippen LogP contribution in [0.1, 0.15) is 66.3 Å². The molecule has 0 bridgehead atoms. The number of likely N-dealkylation sites (N-methyl/N-ethyl adjacent to an activating group) is 2. The molecule has 1 heterocycles. The van der Waals surface area contributed by atoms with E-state index in [-0.39, 0.29) is 33.4 Å². The third-order valence-electron chi connectivity index (χ3n) is 6.82. The van der Waals surface area contributed by atoms with E-state index in [4.69, 9.17) is 0 Å². The molecule has 2 amide bonds. The maximum Gasteiger partial charge on any atom is 0.331 e. The molecule has 7 nitrogen and oxygen atoms in total. The number of carbonyl (C=O) groups excluding carboxylic acids is 2. The predicted octanol–water partition coefficient (Wildman–Crippen LogP) is 4.56. The molecule has 1 aliphatic heterocycles. The van der Waals surface area contributed by atoms with Crippen LogP contribution in [-0.4, -0.2) is 69.7 Å². The molecular weight excluding hydrogens is 474 g/mol. The largest absolute Gasteiger partial charge is 0.478 e. The van der Waals surface area contributed by atoms with Crippen LogP contribution in [-0.2, 0) is 14.4 Å². The second-order valence-corrected chi connectivity index (χ2v) is 13.4. The van der Waals surface area contributed by atoms with Gasteiger partial charge < -0.3 is 15.3 Å². The summed E-state index contributed by atoms with van der Waals surface area (Å²) >= 11 is 1.74. The number of carboxylic acid groups (broad SMARTS) is 1. The third-order valence-corrected chi connectivity index (χ3v) is 8.48. The van der Waals surface area contributed by atoms with Crippen molar-refractivity contribution in [1.82, 2.24) is 15.1 Å². The molecule has 0 aliphatic carbocycles. The molecule has 2 N–H and O–H groups in total. The average Bonchev–Trinajstić information content (AvgIpc) is 3.02. The van der Waals surface area contributed by atoms with Crippen LogP contribution in [0.4, 0.5) is 0 Å². The van der Waals surface area contributed by atoms with E-state index in [2.05, 4.69) is 36.2 Å². The van der Waals surface area contributed by atoms with Gasteiger partial charge in [0.05, 0.1) is 11.4 Å². The summed E-state index contributed by atoms with van der Waals surface area (Å²) in [5.74, 6) is -1.45. The van der Waals surface area contributed by atoms with Crippen molar-refractivity contribution in [2.45, 2.75) is 83.6 Å². The summed E-state index contributed by atoms with van der Waals surface area (Å²) in [6, 6.07) is 8.48. The number of nitrogens with one attached hydrogen (secondary N) is 1. The molecule has 1 unspecified atom stereocenters. The highest BCUT2D eigenvalue weighted by molar-refractivity contribution is 8.01. The standard InChI is InChI=1S/C28H43N3O4S/c1-17(2)20(16-18(3)26(34)35)30(9)24(33)21(27(4,5)6)29-23(32)22-28(7,8)36-25(31(22)10)19-14-12-11-13-15-19/h11-17,20-22,25H,1-10H3,(H,29,32)(H,34,35)/b18-16+/t20-,21-,22?,25+/m1/s1. The molecule has 0 radical (unpaired) electrons. The zero-order chi connectivity index (χ0) is 27.6. The quantitative estimate of drug-likeness (QED) is 0.492. The highest BCUT2D eigenvalue weighted by Crippen LogP contribution is 2.51.